The van der Waals surface area contributed by atoms with Gasteiger partial charge >= 0.3 is 0 Å². The summed E-state index contributed by atoms with van der Waals surface area (Å²) in [4.78, 5) is 29.3. The van der Waals surface area contributed by atoms with E-state index in [9.17, 15) is 14.0 Å². The van der Waals surface area contributed by atoms with E-state index in [0.29, 0.717) is 23.9 Å². The molecular formula is C27H30FN3O3. The van der Waals surface area contributed by atoms with Crippen LogP contribution in [0.3, 0.4) is 0 Å². The first-order valence-corrected chi connectivity index (χ1v) is 12.0. The lowest BCUT2D eigenvalue weighted by atomic mass is 9.85. The summed E-state index contributed by atoms with van der Waals surface area (Å²) in [5.41, 5.74) is 0.909. The fourth-order valence-corrected chi connectivity index (χ4v) is 5.29. The second kappa shape index (κ2) is 8.78. The fourth-order valence-electron chi connectivity index (χ4n) is 5.29. The zero-order chi connectivity index (χ0) is 23.9. The topological polar surface area (TPSA) is 67.5 Å². The van der Waals surface area contributed by atoms with Crippen molar-refractivity contribution in [2.24, 2.45) is 5.92 Å². The molecule has 2 aromatic heterocycles. The molecule has 1 fully saturated rings. The van der Waals surface area contributed by atoms with E-state index in [1.807, 2.05) is 23.6 Å². The van der Waals surface area contributed by atoms with Gasteiger partial charge in [0.25, 0.3) is 5.91 Å². The van der Waals surface area contributed by atoms with Crippen LogP contribution in [-0.2, 0) is 17.9 Å². The van der Waals surface area contributed by atoms with Crippen LogP contribution in [-0.4, -0.2) is 32.9 Å². The number of nitrogens with one attached hydrogen (secondary N) is 1. The highest BCUT2D eigenvalue weighted by molar-refractivity contribution is 6.00. The van der Waals surface area contributed by atoms with Crippen molar-refractivity contribution >= 4 is 11.8 Å². The summed E-state index contributed by atoms with van der Waals surface area (Å²) in [6.07, 6.45) is 5.90. The normalized spacial score (nSPS) is 24.7. The number of hydrogen-bond donors (Lipinski definition) is 1. The van der Waals surface area contributed by atoms with Crippen molar-refractivity contribution < 1.29 is 18.4 Å². The van der Waals surface area contributed by atoms with Crippen LogP contribution in [0.4, 0.5) is 4.39 Å². The lowest BCUT2D eigenvalue weighted by Crippen LogP contribution is -2.65. The molecule has 0 bridgehead atoms. The predicted octanol–water partition coefficient (Wildman–Crippen LogP) is 5.00. The van der Waals surface area contributed by atoms with Crippen LogP contribution in [0.25, 0.3) is 11.5 Å². The average Bonchev–Trinajstić information content (AvgIpc) is 3.49. The van der Waals surface area contributed by atoms with Crippen LogP contribution in [0, 0.1) is 11.7 Å². The first kappa shape index (κ1) is 22.4. The summed E-state index contributed by atoms with van der Waals surface area (Å²) in [7, 11) is 0. The number of benzene rings is 1. The molecule has 7 heteroatoms. The van der Waals surface area contributed by atoms with Crippen LogP contribution in [0.15, 0.2) is 59.2 Å². The largest absolute Gasteiger partial charge is 0.463 e. The molecule has 6 nitrogen and oxygen atoms in total. The molecule has 178 valence electrons. The Morgan fingerprint density at radius 1 is 1.12 bits per heavy atom. The predicted molar refractivity (Wildman–Crippen MR) is 126 cm³/mol. The summed E-state index contributed by atoms with van der Waals surface area (Å²) < 4.78 is 21.0. The minimum atomic E-state index is -1.13. The highest BCUT2D eigenvalue weighted by atomic mass is 19.1. The van der Waals surface area contributed by atoms with Crippen molar-refractivity contribution in [3.63, 3.8) is 0 Å². The van der Waals surface area contributed by atoms with Gasteiger partial charge in [0, 0.05) is 12.6 Å². The van der Waals surface area contributed by atoms with Gasteiger partial charge in [-0.25, -0.2) is 4.39 Å². The van der Waals surface area contributed by atoms with Crippen LogP contribution < -0.4 is 5.32 Å². The number of halogens is 1. The molecule has 0 unspecified atom stereocenters. The number of rotatable bonds is 5. The SMILES string of the molecule is C[C@@H]1CCCC[C@@H]1NC(=O)[C@@]1(C)Cn2c(ccc2-c2ccco2)C(=O)N1Cc1ccc(F)cc1. The molecule has 1 saturated carbocycles. The number of fused-ring (bicyclic) bond motifs is 1. The third kappa shape index (κ3) is 3.93. The van der Waals surface area contributed by atoms with Gasteiger partial charge in [0.2, 0.25) is 5.91 Å². The van der Waals surface area contributed by atoms with Gasteiger partial charge in [0.1, 0.15) is 22.8 Å². The Morgan fingerprint density at radius 3 is 2.56 bits per heavy atom. The molecule has 34 heavy (non-hydrogen) atoms. The maximum Gasteiger partial charge on any atom is 0.271 e. The van der Waals surface area contributed by atoms with E-state index in [2.05, 4.69) is 12.2 Å². The first-order chi connectivity index (χ1) is 16.4. The van der Waals surface area contributed by atoms with Gasteiger partial charge in [0.05, 0.1) is 18.5 Å². The van der Waals surface area contributed by atoms with Crippen LogP contribution in [0.2, 0.25) is 0 Å². The van der Waals surface area contributed by atoms with E-state index in [-0.39, 0.29) is 30.2 Å². The van der Waals surface area contributed by atoms with E-state index < -0.39 is 5.54 Å². The van der Waals surface area contributed by atoms with E-state index in [0.717, 1.165) is 30.5 Å². The lowest BCUT2D eigenvalue weighted by Gasteiger charge is -2.45. The molecule has 0 spiro atoms. The average molecular weight is 464 g/mol. The molecule has 0 saturated heterocycles. The standard InChI is InChI=1S/C27H30FN3O3/c1-18-6-3-4-7-21(18)29-26(33)27(2)17-30-22(24-8-5-15-34-24)13-14-23(30)25(32)31(27)16-19-9-11-20(28)12-10-19/h5,8-15,18,21H,3-4,6-7,16-17H2,1-2H3,(H,29,33)/t18-,21+,27-/m1/s1. The van der Waals surface area contributed by atoms with Gasteiger partial charge in [-0.05, 0) is 67.6 Å². The summed E-state index contributed by atoms with van der Waals surface area (Å²) >= 11 is 0. The summed E-state index contributed by atoms with van der Waals surface area (Å²) in [5, 5.41) is 3.27. The highest BCUT2D eigenvalue weighted by Gasteiger charge is 2.48. The molecule has 1 N–H and O–H groups in total. The molecule has 2 aliphatic rings. The Balaban J connectivity index is 1.52. The number of hydrogen-bond acceptors (Lipinski definition) is 3. The molecule has 1 aromatic carbocycles. The van der Waals surface area contributed by atoms with Gasteiger partial charge in [-0.2, -0.15) is 0 Å². The van der Waals surface area contributed by atoms with E-state index in [1.165, 1.54) is 18.6 Å². The second-order valence-corrected chi connectivity index (χ2v) is 9.80. The summed E-state index contributed by atoms with van der Waals surface area (Å²) in [5.74, 6) is 0.313. The minimum Gasteiger partial charge on any atom is -0.463 e. The number of nitrogens with zero attached hydrogens (tertiary/aromatic N) is 2. The van der Waals surface area contributed by atoms with Crippen LogP contribution in [0.5, 0.6) is 0 Å². The summed E-state index contributed by atoms with van der Waals surface area (Å²) in [6, 6.07) is 13.4. The van der Waals surface area contributed by atoms with Crippen molar-refractivity contribution in [3.8, 4) is 11.5 Å². The highest BCUT2D eigenvalue weighted by Crippen LogP contribution is 2.35. The lowest BCUT2D eigenvalue weighted by molar-refractivity contribution is -0.134. The van der Waals surface area contributed by atoms with Crippen molar-refractivity contribution in [1.82, 2.24) is 14.8 Å². The molecule has 0 radical (unpaired) electrons. The third-order valence-corrected chi connectivity index (χ3v) is 7.45. The number of aromatic nitrogens is 1. The fraction of sp³-hybridized carbons (Fsp3) is 0.407. The van der Waals surface area contributed by atoms with Gasteiger partial charge in [-0.15, -0.1) is 0 Å². The Bertz CT molecular complexity index is 1180. The third-order valence-electron chi connectivity index (χ3n) is 7.45. The number of carbonyl (C=O) groups is 2. The van der Waals surface area contributed by atoms with E-state index in [4.69, 9.17) is 4.42 Å². The molecular weight excluding hydrogens is 433 g/mol. The Hall–Kier alpha value is -3.35. The quantitative estimate of drug-likeness (QED) is 0.579. The van der Waals surface area contributed by atoms with Crippen molar-refractivity contribution in [2.75, 3.05) is 0 Å². The molecule has 3 aromatic rings. The second-order valence-electron chi connectivity index (χ2n) is 9.80. The number of furan rings is 1. The van der Waals surface area contributed by atoms with Crippen LogP contribution in [0.1, 0.15) is 55.6 Å². The molecule has 5 rings (SSSR count). The zero-order valence-corrected chi connectivity index (χ0v) is 19.6. The molecule has 3 heterocycles. The molecule has 1 aliphatic heterocycles. The Kier molecular flexibility index (Phi) is 5.80. The molecule has 2 amide bonds. The van der Waals surface area contributed by atoms with Crippen molar-refractivity contribution in [3.05, 3.63) is 71.9 Å². The molecule has 1 aliphatic carbocycles. The van der Waals surface area contributed by atoms with Gasteiger partial charge in [-0.1, -0.05) is 31.9 Å². The van der Waals surface area contributed by atoms with Gasteiger partial charge in [-0.3, -0.25) is 9.59 Å². The Morgan fingerprint density at radius 2 is 1.85 bits per heavy atom. The van der Waals surface area contributed by atoms with E-state index >= 15 is 0 Å². The smallest absolute Gasteiger partial charge is 0.271 e. The zero-order valence-electron chi connectivity index (χ0n) is 19.6. The summed E-state index contributed by atoms with van der Waals surface area (Å²) in [6.45, 7) is 4.51. The maximum absolute atomic E-state index is 13.9. The molecule has 3 atom stereocenters. The monoisotopic (exact) mass is 463 g/mol. The van der Waals surface area contributed by atoms with Crippen molar-refractivity contribution in [1.29, 1.82) is 0 Å². The number of carbonyl (C=O) groups excluding carboxylic acids is 2. The number of amides is 2. The van der Waals surface area contributed by atoms with E-state index in [1.54, 1.807) is 35.4 Å². The van der Waals surface area contributed by atoms with Gasteiger partial charge < -0.3 is 19.2 Å². The first-order valence-electron chi connectivity index (χ1n) is 12.0. The van der Waals surface area contributed by atoms with Gasteiger partial charge in [0.15, 0.2) is 0 Å². The maximum atomic E-state index is 13.9. The van der Waals surface area contributed by atoms with Crippen LogP contribution >= 0.6 is 0 Å². The Labute approximate surface area is 198 Å². The van der Waals surface area contributed by atoms with Crippen molar-refractivity contribution in [2.45, 2.75) is 64.2 Å². The minimum absolute atomic E-state index is 0.0939.